The Morgan fingerprint density at radius 1 is 1.58 bits per heavy atom. The molecule has 0 saturated carbocycles. The van der Waals surface area contributed by atoms with Crippen LogP contribution in [0, 0.1) is 5.92 Å². The Kier molecular flexibility index (Phi) is 4.90. The minimum absolute atomic E-state index is 0.161. The standard InChI is InChI=1S/C13H23N3O3/c1-9-5-4-6-16(11(9)8-17)7-12-14-13(15-19-12)10(2)18-3/h9-11,17H,4-8H2,1-3H3. The van der Waals surface area contributed by atoms with E-state index in [0.29, 0.717) is 24.2 Å². The Labute approximate surface area is 113 Å². The van der Waals surface area contributed by atoms with Crippen molar-refractivity contribution in [3.05, 3.63) is 11.7 Å². The zero-order valence-electron chi connectivity index (χ0n) is 11.9. The Morgan fingerprint density at radius 2 is 2.37 bits per heavy atom. The van der Waals surface area contributed by atoms with Gasteiger partial charge in [-0.1, -0.05) is 12.1 Å². The number of methoxy groups -OCH3 is 1. The first-order valence-electron chi connectivity index (χ1n) is 6.86. The van der Waals surface area contributed by atoms with Gasteiger partial charge in [-0.2, -0.15) is 4.98 Å². The average Bonchev–Trinajstić information content (AvgIpc) is 2.87. The van der Waals surface area contributed by atoms with Gasteiger partial charge < -0.3 is 14.4 Å². The molecule has 3 unspecified atom stereocenters. The van der Waals surface area contributed by atoms with Crippen LogP contribution in [0.3, 0.4) is 0 Å². The number of rotatable bonds is 5. The summed E-state index contributed by atoms with van der Waals surface area (Å²) in [7, 11) is 1.62. The fourth-order valence-electron chi connectivity index (χ4n) is 2.60. The van der Waals surface area contributed by atoms with Gasteiger partial charge in [-0.15, -0.1) is 0 Å². The van der Waals surface area contributed by atoms with Crippen LogP contribution in [0.15, 0.2) is 4.52 Å². The van der Waals surface area contributed by atoms with Crippen LogP contribution in [0.1, 0.15) is 44.5 Å². The van der Waals surface area contributed by atoms with Crippen LogP contribution >= 0.6 is 0 Å². The van der Waals surface area contributed by atoms with Gasteiger partial charge in [0.1, 0.15) is 6.10 Å². The highest BCUT2D eigenvalue weighted by molar-refractivity contribution is 4.92. The van der Waals surface area contributed by atoms with E-state index in [2.05, 4.69) is 22.0 Å². The van der Waals surface area contributed by atoms with Gasteiger partial charge >= 0.3 is 0 Å². The molecule has 0 amide bonds. The molecule has 1 fully saturated rings. The van der Waals surface area contributed by atoms with Crippen molar-refractivity contribution in [3.63, 3.8) is 0 Å². The Balaban J connectivity index is 2.01. The molecule has 1 aromatic rings. The third kappa shape index (κ3) is 3.32. The van der Waals surface area contributed by atoms with E-state index in [1.54, 1.807) is 7.11 Å². The van der Waals surface area contributed by atoms with Crippen LogP contribution < -0.4 is 0 Å². The fraction of sp³-hybridized carbons (Fsp3) is 0.846. The van der Waals surface area contributed by atoms with Crippen molar-refractivity contribution in [3.8, 4) is 0 Å². The summed E-state index contributed by atoms with van der Waals surface area (Å²) in [6, 6.07) is 0.184. The van der Waals surface area contributed by atoms with E-state index in [9.17, 15) is 5.11 Å². The van der Waals surface area contributed by atoms with Gasteiger partial charge in [-0.3, -0.25) is 4.90 Å². The molecule has 1 saturated heterocycles. The van der Waals surface area contributed by atoms with Crippen LogP contribution in [0.5, 0.6) is 0 Å². The van der Waals surface area contributed by atoms with Crippen LogP contribution in [-0.4, -0.2) is 46.5 Å². The van der Waals surface area contributed by atoms with Crippen molar-refractivity contribution in [2.24, 2.45) is 5.92 Å². The van der Waals surface area contributed by atoms with Gasteiger partial charge in [-0.05, 0) is 32.2 Å². The molecule has 1 aliphatic rings. The molecule has 0 bridgehead atoms. The summed E-state index contributed by atoms with van der Waals surface area (Å²) >= 11 is 0. The minimum Gasteiger partial charge on any atom is -0.395 e. The molecule has 0 spiro atoms. The summed E-state index contributed by atoms with van der Waals surface area (Å²) in [5.74, 6) is 1.66. The Morgan fingerprint density at radius 3 is 3.05 bits per heavy atom. The van der Waals surface area contributed by atoms with E-state index in [1.165, 1.54) is 0 Å². The van der Waals surface area contributed by atoms with Crippen LogP contribution in [0.2, 0.25) is 0 Å². The molecular weight excluding hydrogens is 246 g/mol. The number of nitrogens with zero attached hydrogens (tertiary/aromatic N) is 3. The van der Waals surface area contributed by atoms with Gasteiger partial charge in [0.25, 0.3) is 0 Å². The Hall–Kier alpha value is -0.980. The summed E-state index contributed by atoms with van der Waals surface area (Å²) in [6.07, 6.45) is 2.15. The number of hydrogen-bond donors (Lipinski definition) is 1. The van der Waals surface area contributed by atoms with E-state index in [4.69, 9.17) is 9.26 Å². The average molecular weight is 269 g/mol. The first kappa shape index (κ1) is 14.4. The monoisotopic (exact) mass is 269 g/mol. The van der Waals surface area contributed by atoms with E-state index >= 15 is 0 Å². The first-order chi connectivity index (χ1) is 9.15. The highest BCUT2D eigenvalue weighted by Crippen LogP contribution is 2.24. The van der Waals surface area contributed by atoms with Gasteiger partial charge in [0.15, 0.2) is 5.82 Å². The lowest BCUT2D eigenvalue weighted by Gasteiger charge is -2.38. The predicted molar refractivity (Wildman–Crippen MR) is 69.4 cm³/mol. The summed E-state index contributed by atoms with van der Waals surface area (Å²) in [4.78, 5) is 6.57. The van der Waals surface area contributed by atoms with Gasteiger partial charge in [-0.25, -0.2) is 0 Å². The van der Waals surface area contributed by atoms with Gasteiger partial charge in [0.2, 0.25) is 5.89 Å². The SMILES string of the molecule is COC(C)c1noc(CN2CCCC(C)C2CO)n1. The second-order valence-electron chi connectivity index (χ2n) is 5.26. The molecule has 0 aliphatic carbocycles. The lowest BCUT2D eigenvalue weighted by atomic mass is 9.91. The van der Waals surface area contributed by atoms with Crippen LogP contribution in [-0.2, 0) is 11.3 Å². The quantitative estimate of drug-likeness (QED) is 0.870. The molecule has 6 nitrogen and oxygen atoms in total. The number of aliphatic hydroxyl groups excluding tert-OH is 1. The van der Waals surface area contributed by atoms with Crippen LogP contribution in [0.4, 0.5) is 0 Å². The topological polar surface area (TPSA) is 71.6 Å². The van der Waals surface area contributed by atoms with Crippen LogP contribution in [0.25, 0.3) is 0 Å². The highest BCUT2D eigenvalue weighted by atomic mass is 16.5. The Bertz CT molecular complexity index is 396. The molecule has 1 N–H and O–H groups in total. The number of likely N-dealkylation sites (tertiary alicyclic amines) is 1. The molecule has 2 heterocycles. The molecule has 1 aromatic heterocycles. The fourth-order valence-corrected chi connectivity index (χ4v) is 2.60. The van der Waals surface area contributed by atoms with E-state index < -0.39 is 0 Å². The molecule has 3 atom stereocenters. The lowest BCUT2D eigenvalue weighted by Crippen LogP contribution is -2.46. The molecule has 1 aliphatic heterocycles. The number of ether oxygens (including phenoxy) is 1. The number of aromatic nitrogens is 2. The van der Waals surface area contributed by atoms with Crippen molar-refractivity contribution in [1.82, 2.24) is 15.0 Å². The number of hydrogen-bond acceptors (Lipinski definition) is 6. The lowest BCUT2D eigenvalue weighted by molar-refractivity contribution is 0.0400. The first-order valence-corrected chi connectivity index (χ1v) is 6.86. The van der Waals surface area contributed by atoms with Crippen molar-refractivity contribution >= 4 is 0 Å². The molecule has 2 rings (SSSR count). The van der Waals surface area contributed by atoms with Gasteiger partial charge in [0, 0.05) is 13.2 Å². The van der Waals surface area contributed by atoms with Gasteiger partial charge in [0.05, 0.1) is 13.2 Å². The van der Waals surface area contributed by atoms with Crippen molar-refractivity contribution in [1.29, 1.82) is 0 Å². The third-order valence-corrected chi connectivity index (χ3v) is 3.96. The minimum atomic E-state index is -0.161. The molecule has 108 valence electrons. The maximum absolute atomic E-state index is 9.51. The highest BCUT2D eigenvalue weighted by Gasteiger charge is 2.29. The maximum atomic E-state index is 9.51. The zero-order valence-corrected chi connectivity index (χ0v) is 11.9. The third-order valence-electron chi connectivity index (χ3n) is 3.96. The zero-order chi connectivity index (χ0) is 13.8. The maximum Gasteiger partial charge on any atom is 0.240 e. The summed E-state index contributed by atoms with van der Waals surface area (Å²) in [5, 5.41) is 13.4. The molecule has 0 aromatic carbocycles. The molecule has 19 heavy (non-hydrogen) atoms. The number of aliphatic hydroxyl groups is 1. The van der Waals surface area contributed by atoms with Crippen molar-refractivity contribution in [2.45, 2.75) is 45.4 Å². The summed E-state index contributed by atoms with van der Waals surface area (Å²) in [6.45, 7) is 5.80. The number of piperidine rings is 1. The van der Waals surface area contributed by atoms with Crippen molar-refractivity contribution in [2.75, 3.05) is 20.3 Å². The molecule has 6 heteroatoms. The van der Waals surface area contributed by atoms with E-state index in [1.807, 2.05) is 6.92 Å². The summed E-state index contributed by atoms with van der Waals surface area (Å²) in [5.41, 5.74) is 0. The molecule has 0 radical (unpaired) electrons. The second kappa shape index (κ2) is 6.45. The normalized spacial score (nSPS) is 26.5. The summed E-state index contributed by atoms with van der Waals surface area (Å²) < 4.78 is 10.4. The smallest absolute Gasteiger partial charge is 0.240 e. The predicted octanol–water partition coefficient (Wildman–Crippen LogP) is 1.37. The molecular formula is C13H23N3O3. The van der Waals surface area contributed by atoms with Crippen molar-refractivity contribution < 1.29 is 14.4 Å². The van der Waals surface area contributed by atoms with E-state index in [0.717, 1.165) is 19.4 Å². The van der Waals surface area contributed by atoms with E-state index in [-0.39, 0.29) is 18.8 Å². The largest absolute Gasteiger partial charge is 0.395 e. The second-order valence-corrected chi connectivity index (χ2v) is 5.26.